The maximum absolute atomic E-state index is 4.62. The zero-order valence-corrected chi connectivity index (χ0v) is 8.57. The van der Waals surface area contributed by atoms with E-state index in [2.05, 4.69) is 40.8 Å². The van der Waals surface area contributed by atoms with Gasteiger partial charge in [-0.15, -0.1) is 0 Å². The monoisotopic (exact) mass is 235 g/mol. The summed E-state index contributed by atoms with van der Waals surface area (Å²) in [5.74, 6) is 0. The molecule has 3 nitrogen and oxygen atoms in total. The van der Waals surface area contributed by atoms with Crippen LogP contribution in [0.3, 0.4) is 0 Å². The molecule has 0 saturated carbocycles. The van der Waals surface area contributed by atoms with Gasteiger partial charge < -0.3 is 17.2 Å². The van der Waals surface area contributed by atoms with Crippen LogP contribution in [-0.2, 0) is 23.6 Å². The van der Waals surface area contributed by atoms with Gasteiger partial charge in [-0.25, -0.2) is 0 Å². The first-order chi connectivity index (χ1) is 4.33. The third-order valence-electron chi connectivity index (χ3n) is 0.0333. The molecule has 0 rings (SSSR count). The van der Waals surface area contributed by atoms with Gasteiger partial charge in [0.1, 0.15) is 0 Å². The molecule has 0 aromatic heterocycles. The topological polar surface area (TPSA) is 78.1 Å². The van der Waals surface area contributed by atoms with Crippen molar-refractivity contribution < 1.29 is 0 Å². The van der Waals surface area contributed by atoms with Crippen LogP contribution in [0.2, 0.25) is 0 Å². The van der Waals surface area contributed by atoms with E-state index in [1.54, 1.807) is 0 Å². The minimum Gasteiger partial charge on any atom is -0.333 e. The average Bonchev–Trinajstić information content (AvgIpc) is 1.94. The number of hydrogen-bond acceptors (Lipinski definition) is 5. The Morgan fingerprint density at radius 2 is 1.09 bits per heavy atom. The summed E-state index contributed by atoms with van der Waals surface area (Å²) < 4.78 is 0. The van der Waals surface area contributed by atoms with E-state index in [1.165, 1.54) is 7.05 Å². The molecule has 0 spiro atoms. The van der Waals surface area contributed by atoms with Crippen molar-refractivity contribution in [3.8, 4) is 0 Å². The highest BCUT2D eigenvalue weighted by Gasteiger charge is 1.39. The van der Waals surface area contributed by atoms with Gasteiger partial charge in [0.25, 0.3) is 0 Å². The summed E-state index contributed by atoms with van der Waals surface area (Å²) in [7, 11) is 3.24. The Kier molecular flexibility index (Phi) is 189. The number of hydrogen-bond donors (Lipinski definition) is 3. The average molecular weight is 235 g/mol. The molecule has 0 aliphatic heterocycles. The third kappa shape index (κ3) is 236. The molecule has 0 atom stereocenters. The zero-order valence-electron chi connectivity index (χ0n) is 5.15. The minimum atomic E-state index is 0. The molecule has 0 unspecified atom stereocenters. The predicted molar refractivity (Wildman–Crippen MR) is 65.4 cm³/mol. The van der Waals surface area contributed by atoms with E-state index in [0.29, 0.717) is 0 Å². The summed E-state index contributed by atoms with van der Waals surface area (Å²) in [6.07, 6.45) is 0. The van der Waals surface area contributed by atoms with Crippen molar-refractivity contribution in [3.05, 3.63) is 0 Å². The van der Waals surface area contributed by atoms with E-state index in [0.717, 1.165) is 14.1 Å². The largest absolute Gasteiger partial charge is 0.333 e. The summed E-state index contributed by atoms with van der Waals surface area (Å²) in [5, 5.41) is 0. The smallest absolute Gasteiger partial charge is 0.0464 e. The highest BCUT2D eigenvalue weighted by Crippen LogP contribution is 2.10. The maximum Gasteiger partial charge on any atom is 0.0464 e. The highest BCUT2D eigenvalue weighted by molar-refractivity contribution is 8.40. The van der Waals surface area contributed by atoms with Gasteiger partial charge in [0, 0.05) is 20.8 Å². The Hall–Kier alpha value is 0.920. The fourth-order valence-corrected chi connectivity index (χ4v) is 0. The lowest BCUT2D eigenvalue weighted by molar-refractivity contribution is 1.07. The Morgan fingerprint density at radius 1 is 1.00 bits per heavy atom. The van der Waals surface area contributed by atoms with E-state index in [-0.39, 0.29) is 21.5 Å². The molecule has 0 heterocycles. The molecule has 0 aliphatic rings. The summed E-state index contributed by atoms with van der Waals surface area (Å²) in [6.45, 7) is 0.250. The highest BCUT2D eigenvalue weighted by atomic mass is 32.7. The standard InChI is InChI=1S/CH6N2.CH5N.2CH4.P2S2/c2-1-3;1-2;;;3-1-2-4/h1-3H2;2H2,1H3;2*1H4;. The van der Waals surface area contributed by atoms with Crippen LogP contribution in [0, 0.1) is 0 Å². The second-order valence-electron chi connectivity index (χ2n) is 0.399. The van der Waals surface area contributed by atoms with E-state index in [1.807, 2.05) is 0 Å². The molecule has 11 heavy (non-hydrogen) atoms. The van der Waals surface area contributed by atoms with Crippen LogP contribution in [0.5, 0.6) is 0 Å². The fraction of sp³-hybridized carbons (Fsp3) is 1.00. The molecule has 0 aliphatic carbocycles. The molecule has 0 amide bonds. The molecule has 0 aromatic carbocycles. The van der Waals surface area contributed by atoms with Crippen LogP contribution in [0.1, 0.15) is 14.9 Å². The van der Waals surface area contributed by atoms with Crippen LogP contribution in [0.4, 0.5) is 0 Å². The Balaban J connectivity index is -0.0000000158. The van der Waals surface area contributed by atoms with Gasteiger partial charge in [0.15, 0.2) is 0 Å². The van der Waals surface area contributed by atoms with Crippen LogP contribution >= 0.6 is 14.1 Å². The van der Waals surface area contributed by atoms with Crippen molar-refractivity contribution in [1.29, 1.82) is 0 Å². The van der Waals surface area contributed by atoms with Crippen LogP contribution in [-0.4, -0.2) is 13.7 Å². The van der Waals surface area contributed by atoms with E-state index >= 15 is 0 Å². The molecular formula is C4H19N3P2S2. The van der Waals surface area contributed by atoms with Crippen molar-refractivity contribution in [2.45, 2.75) is 14.9 Å². The van der Waals surface area contributed by atoms with Gasteiger partial charge in [0.2, 0.25) is 0 Å². The van der Waals surface area contributed by atoms with Crippen LogP contribution < -0.4 is 17.2 Å². The molecule has 7 heteroatoms. The van der Waals surface area contributed by atoms with Gasteiger partial charge in [0.05, 0.1) is 0 Å². The van der Waals surface area contributed by atoms with Crippen molar-refractivity contribution >= 4 is 37.7 Å². The lowest BCUT2D eigenvalue weighted by Crippen LogP contribution is -2.08. The zero-order chi connectivity index (χ0) is 8.12. The normalized spacial score (nSPS) is 5.45. The van der Waals surface area contributed by atoms with Crippen molar-refractivity contribution in [1.82, 2.24) is 0 Å². The number of nitrogens with two attached hydrogens (primary N) is 3. The molecule has 0 aromatic rings. The molecule has 0 radical (unpaired) electrons. The second kappa shape index (κ2) is 69.9. The van der Waals surface area contributed by atoms with Crippen molar-refractivity contribution in [2.24, 2.45) is 17.2 Å². The first kappa shape index (κ1) is 29.7. The SMILES string of the molecule is C.C.CN.NCN.S=PP=S. The second-order valence-corrected chi connectivity index (χ2v) is 4.64. The van der Waals surface area contributed by atoms with Crippen molar-refractivity contribution in [2.75, 3.05) is 13.7 Å². The van der Waals surface area contributed by atoms with Gasteiger partial charge in [-0.05, 0) is 30.7 Å². The summed E-state index contributed by atoms with van der Waals surface area (Å²) in [5.41, 5.74) is 13.8. The van der Waals surface area contributed by atoms with Gasteiger partial charge in [-0.3, -0.25) is 0 Å². The lowest BCUT2D eigenvalue weighted by Gasteiger charge is -1.56. The van der Waals surface area contributed by atoms with Crippen LogP contribution in [0.15, 0.2) is 0 Å². The Bertz CT molecular complexity index is 50.6. The molecule has 0 bridgehead atoms. The van der Waals surface area contributed by atoms with E-state index in [9.17, 15) is 0 Å². The van der Waals surface area contributed by atoms with E-state index < -0.39 is 0 Å². The van der Waals surface area contributed by atoms with Crippen molar-refractivity contribution in [3.63, 3.8) is 0 Å². The number of rotatable bonds is 1. The summed E-state index contributed by atoms with van der Waals surface area (Å²) >= 11 is 8.82. The third-order valence-corrected chi connectivity index (χ3v) is 2.70. The van der Waals surface area contributed by atoms with Gasteiger partial charge in [-0.2, -0.15) is 0 Å². The first-order valence-electron chi connectivity index (χ1n) is 1.96. The predicted octanol–water partition coefficient (Wildman–Crippen LogP) is 1.43. The minimum absolute atomic E-state index is 0. The fourth-order valence-electron chi connectivity index (χ4n) is 0. The van der Waals surface area contributed by atoms with Gasteiger partial charge >= 0.3 is 0 Å². The lowest BCUT2D eigenvalue weighted by atomic mass is 11.3. The Morgan fingerprint density at radius 3 is 1.09 bits per heavy atom. The van der Waals surface area contributed by atoms with E-state index in [4.69, 9.17) is 0 Å². The molecule has 72 valence electrons. The molecular weight excluding hydrogens is 216 g/mol. The summed E-state index contributed by atoms with van der Waals surface area (Å²) in [6, 6.07) is 0. The summed E-state index contributed by atoms with van der Waals surface area (Å²) in [4.78, 5) is 0. The van der Waals surface area contributed by atoms with Crippen LogP contribution in [0.25, 0.3) is 0 Å². The molecule has 0 fully saturated rings. The maximum atomic E-state index is 4.62. The Labute approximate surface area is 83.7 Å². The molecule has 0 saturated heterocycles. The van der Waals surface area contributed by atoms with Gasteiger partial charge in [-0.1, -0.05) is 14.9 Å². The molecule has 6 N–H and O–H groups in total. The quantitative estimate of drug-likeness (QED) is 0.473. The first-order valence-corrected chi connectivity index (χ1v) is 6.48.